The van der Waals surface area contributed by atoms with E-state index in [9.17, 15) is 8.42 Å². The number of anilines is 1. The van der Waals surface area contributed by atoms with Crippen LogP contribution in [0.15, 0.2) is 23.1 Å². The van der Waals surface area contributed by atoms with E-state index in [-0.39, 0.29) is 24.1 Å². The molecule has 1 rings (SSSR count). The molecule has 0 bridgehead atoms. The number of hydrogen-bond acceptors (Lipinski definition) is 4. The summed E-state index contributed by atoms with van der Waals surface area (Å²) in [5, 5.41) is 9.15. The van der Waals surface area contributed by atoms with Gasteiger partial charge < -0.3 is 10.8 Å². The predicted molar refractivity (Wildman–Crippen MR) is 80.9 cm³/mol. The van der Waals surface area contributed by atoms with Crippen LogP contribution in [0.2, 0.25) is 0 Å². The normalized spacial score (nSPS) is 12.3. The van der Waals surface area contributed by atoms with E-state index in [1.807, 2.05) is 20.8 Å². The lowest BCUT2D eigenvalue weighted by Crippen LogP contribution is -2.41. The number of nitrogen functional groups attached to an aromatic ring is 1. The fourth-order valence-corrected chi connectivity index (χ4v) is 4.01. The van der Waals surface area contributed by atoms with Gasteiger partial charge in [-0.15, -0.1) is 0 Å². The van der Waals surface area contributed by atoms with Crippen molar-refractivity contribution in [2.24, 2.45) is 0 Å². The lowest BCUT2D eigenvalue weighted by molar-refractivity contribution is 0.219. The summed E-state index contributed by atoms with van der Waals surface area (Å²) >= 11 is 0. The average molecular weight is 300 g/mol. The van der Waals surface area contributed by atoms with Crippen molar-refractivity contribution >= 4 is 15.7 Å². The van der Waals surface area contributed by atoms with Gasteiger partial charge in [0, 0.05) is 18.3 Å². The maximum Gasteiger partial charge on any atom is 0.243 e. The first-order valence-electron chi connectivity index (χ1n) is 6.87. The Morgan fingerprint density at radius 1 is 1.30 bits per heavy atom. The third-order valence-electron chi connectivity index (χ3n) is 3.53. The Morgan fingerprint density at radius 3 is 2.35 bits per heavy atom. The molecule has 0 saturated carbocycles. The number of sulfonamides is 1. The van der Waals surface area contributed by atoms with Gasteiger partial charge in [-0.05, 0) is 37.5 Å². The molecule has 0 aliphatic heterocycles. The summed E-state index contributed by atoms with van der Waals surface area (Å²) in [6, 6.07) is 4.63. The number of aliphatic hydroxyl groups is 1. The Kier molecular flexibility index (Phi) is 5.98. The minimum absolute atomic E-state index is 0.0997. The average Bonchev–Trinajstić information content (AvgIpc) is 2.42. The zero-order valence-corrected chi connectivity index (χ0v) is 13.2. The largest absolute Gasteiger partial charge is 0.398 e. The first-order chi connectivity index (χ1) is 9.38. The van der Waals surface area contributed by atoms with Crippen LogP contribution in [-0.4, -0.2) is 37.0 Å². The Bertz CT molecular complexity index is 539. The molecule has 0 aliphatic carbocycles. The van der Waals surface area contributed by atoms with Crippen LogP contribution in [0.1, 0.15) is 32.3 Å². The van der Waals surface area contributed by atoms with Gasteiger partial charge in [-0.25, -0.2) is 8.42 Å². The van der Waals surface area contributed by atoms with Crippen molar-refractivity contribution in [1.29, 1.82) is 0 Å². The lowest BCUT2D eigenvalue weighted by atomic mass is 10.2. The molecule has 3 N–H and O–H groups in total. The van der Waals surface area contributed by atoms with Gasteiger partial charge >= 0.3 is 0 Å². The van der Waals surface area contributed by atoms with Gasteiger partial charge in [0.1, 0.15) is 0 Å². The molecule has 20 heavy (non-hydrogen) atoms. The fraction of sp³-hybridized carbons (Fsp3) is 0.571. The van der Waals surface area contributed by atoms with E-state index in [0.717, 1.165) is 5.56 Å². The van der Waals surface area contributed by atoms with Gasteiger partial charge in [-0.1, -0.05) is 19.9 Å². The second-order valence-corrected chi connectivity index (χ2v) is 6.72. The smallest absolute Gasteiger partial charge is 0.243 e. The summed E-state index contributed by atoms with van der Waals surface area (Å²) < 4.78 is 26.8. The van der Waals surface area contributed by atoms with E-state index >= 15 is 0 Å². The van der Waals surface area contributed by atoms with Crippen molar-refractivity contribution in [3.63, 3.8) is 0 Å². The van der Waals surface area contributed by atoms with Crippen LogP contribution in [-0.2, 0) is 10.0 Å². The minimum atomic E-state index is -3.63. The molecule has 0 unspecified atom stereocenters. The summed E-state index contributed by atoms with van der Waals surface area (Å²) in [6.45, 7) is 5.62. The van der Waals surface area contributed by atoms with Crippen molar-refractivity contribution in [3.8, 4) is 0 Å². The molecule has 0 saturated heterocycles. The molecule has 0 aromatic heterocycles. The minimum Gasteiger partial charge on any atom is -0.398 e. The number of aliphatic hydroxyl groups excluding tert-OH is 1. The van der Waals surface area contributed by atoms with E-state index < -0.39 is 10.0 Å². The standard InChI is InChI=1S/C14H24N2O3S/c1-4-12(5-2)16(8-9-17)20(18,19)13-7-6-11(3)14(15)10-13/h6-7,10,12,17H,4-5,8-9,15H2,1-3H3. The molecular formula is C14H24N2O3S. The van der Waals surface area contributed by atoms with Crippen molar-refractivity contribution in [1.82, 2.24) is 4.31 Å². The molecule has 6 heteroatoms. The van der Waals surface area contributed by atoms with Crippen LogP contribution < -0.4 is 5.73 Å². The molecular weight excluding hydrogens is 276 g/mol. The molecule has 0 spiro atoms. The van der Waals surface area contributed by atoms with E-state index in [2.05, 4.69) is 0 Å². The van der Waals surface area contributed by atoms with Crippen LogP contribution in [0.25, 0.3) is 0 Å². The molecule has 5 nitrogen and oxygen atoms in total. The quantitative estimate of drug-likeness (QED) is 0.751. The molecule has 0 fully saturated rings. The predicted octanol–water partition coefficient (Wildman–Crippen LogP) is 1.75. The van der Waals surface area contributed by atoms with E-state index in [1.54, 1.807) is 12.1 Å². The first kappa shape index (κ1) is 16.9. The maximum absolute atomic E-state index is 12.7. The van der Waals surface area contributed by atoms with Gasteiger partial charge in [-0.3, -0.25) is 0 Å². The summed E-state index contributed by atoms with van der Waals surface area (Å²) in [4.78, 5) is 0.181. The maximum atomic E-state index is 12.7. The number of aryl methyl sites for hydroxylation is 1. The number of nitrogens with two attached hydrogens (primary N) is 1. The number of nitrogens with zero attached hydrogens (tertiary/aromatic N) is 1. The topological polar surface area (TPSA) is 83.6 Å². The fourth-order valence-electron chi connectivity index (χ4n) is 2.21. The second-order valence-electron chi connectivity index (χ2n) is 4.83. The van der Waals surface area contributed by atoms with Crippen LogP contribution in [0.3, 0.4) is 0 Å². The summed E-state index contributed by atoms with van der Waals surface area (Å²) in [6.07, 6.45) is 1.41. The highest BCUT2D eigenvalue weighted by atomic mass is 32.2. The Hall–Kier alpha value is -1.11. The summed E-state index contributed by atoms with van der Waals surface area (Å²) in [7, 11) is -3.63. The zero-order valence-electron chi connectivity index (χ0n) is 12.3. The van der Waals surface area contributed by atoms with E-state index in [1.165, 1.54) is 10.4 Å². The van der Waals surface area contributed by atoms with Gasteiger partial charge in [0.05, 0.1) is 11.5 Å². The van der Waals surface area contributed by atoms with Crippen LogP contribution in [0.5, 0.6) is 0 Å². The van der Waals surface area contributed by atoms with Gasteiger partial charge in [-0.2, -0.15) is 4.31 Å². The van der Waals surface area contributed by atoms with E-state index in [0.29, 0.717) is 18.5 Å². The van der Waals surface area contributed by atoms with Crippen LogP contribution in [0.4, 0.5) is 5.69 Å². The Balaban J connectivity index is 3.24. The number of rotatable bonds is 7. The van der Waals surface area contributed by atoms with Crippen molar-refractivity contribution in [3.05, 3.63) is 23.8 Å². The highest BCUT2D eigenvalue weighted by molar-refractivity contribution is 7.89. The Labute approximate surface area is 121 Å². The second kappa shape index (κ2) is 7.06. The molecule has 114 valence electrons. The Morgan fingerprint density at radius 2 is 1.90 bits per heavy atom. The third kappa shape index (κ3) is 3.50. The molecule has 1 aromatic carbocycles. The highest BCUT2D eigenvalue weighted by Crippen LogP contribution is 2.24. The van der Waals surface area contributed by atoms with Crippen molar-refractivity contribution in [2.45, 2.75) is 44.6 Å². The molecule has 0 heterocycles. The monoisotopic (exact) mass is 300 g/mol. The summed E-state index contributed by atoms with van der Waals surface area (Å²) in [5.74, 6) is 0. The molecule has 0 atom stereocenters. The zero-order chi connectivity index (χ0) is 15.3. The van der Waals surface area contributed by atoms with Crippen molar-refractivity contribution < 1.29 is 13.5 Å². The molecule has 0 amide bonds. The number of benzene rings is 1. The highest BCUT2D eigenvalue weighted by Gasteiger charge is 2.29. The molecule has 1 aromatic rings. The van der Waals surface area contributed by atoms with Crippen LogP contribution in [0, 0.1) is 6.92 Å². The van der Waals surface area contributed by atoms with Gasteiger partial charge in [0.2, 0.25) is 10.0 Å². The first-order valence-corrected chi connectivity index (χ1v) is 8.31. The lowest BCUT2D eigenvalue weighted by Gasteiger charge is -2.29. The van der Waals surface area contributed by atoms with Gasteiger partial charge in [0.25, 0.3) is 0 Å². The van der Waals surface area contributed by atoms with Gasteiger partial charge in [0.15, 0.2) is 0 Å². The molecule has 0 radical (unpaired) electrons. The SMILES string of the molecule is CCC(CC)N(CCO)S(=O)(=O)c1ccc(C)c(N)c1. The van der Waals surface area contributed by atoms with Crippen molar-refractivity contribution in [2.75, 3.05) is 18.9 Å². The summed E-state index contributed by atoms with van der Waals surface area (Å²) in [5.41, 5.74) is 7.11. The van der Waals surface area contributed by atoms with E-state index in [4.69, 9.17) is 10.8 Å². The third-order valence-corrected chi connectivity index (χ3v) is 5.48. The van der Waals surface area contributed by atoms with Crippen LogP contribution >= 0.6 is 0 Å². The number of hydrogen-bond donors (Lipinski definition) is 2. The molecule has 0 aliphatic rings.